The van der Waals surface area contributed by atoms with Crippen molar-refractivity contribution >= 4 is 11.8 Å². The molecule has 2 heteroatoms. The summed E-state index contributed by atoms with van der Waals surface area (Å²) in [5, 5.41) is 3.78. The van der Waals surface area contributed by atoms with E-state index in [0.29, 0.717) is 0 Å². The predicted octanol–water partition coefficient (Wildman–Crippen LogP) is 5.17. The Labute approximate surface area is 125 Å². The molecule has 0 aromatic rings. The van der Waals surface area contributed by atoms with Crippen LogP contribution in [0.2, 0.25) is 0 Å². The fraction of sp³-hybridized carbons (Fsp3) is 0.882. The quantitative estimate of drug-likeness (QED) is 0.533. The van der Waals surface area contributed by atoms with Crippen molar-refractivity contribution in [2.45, 2.75) is 76.7 Å². The summed E-state index contributed by atoms with van der Waals surface area (Å²) in [6, 6.07) is 0.781. The van der Waals surface area contributed by atoms with E-state index in [1.165, 1.54) is 82.9 Å². The first-order chi connectivity index (χ1) is 9.43. The molecule has 0 atom stereocenters. The Bertz CT molecular complexity index is 193. The number of hydrogen-bond donors (Lipinski definition) is 1. The molecule has 1 rings (SSSR count). The van der Waals surface area contributed by atoms with Gasteiger partial charge in [0, 0.05) is 24.1 Å². The van der Waals surface area contributed by atoms with Gasteiger partial charge in [-0.15, -0.1) is 6.58 Å². The second-order valence-corrected chi connectivity index (χ2v) is 6.92. The van der Waals surface area contributed by atoms with Crippen LogP contribution < -0.4 is 5.32 Å². The molecule has 1 aliphatic carbocycles. The van der Waals surface area contributed by atoms with Crippen molar-refractivity contribution in [3.05, 3.63) is 12.7 Å². The van der Waals surface area contributed by atoms with Gasteiger partial charge < -0.3 is 5.32 Å². The second kappa shape index (κ2) is 13.1. The van der Waals surface area contributed by atoms with Crippen LogP contribution in [0.15, 0.2) is 12.7 Å². The fourth-order valence-corrected chi connectivity index (χ4v) is 3.46. The van der Waals surface area contributed by atoms with E-state index in [1.807, 2.05) is 17.8 Å². The van der Waals surface area contributed by atoms with E-state index < -0.39 is 0 Å². The van der Waals surface area contributed by atoms with Gasteiger partial charge in [-0.2, -0.15) is 11.8 Å². The molecule has 0 aromatic heterocycles. The molecule has 0 heterocycles. The van der Waals surface area contributed by atoms with Gasteiger partial charge >= 0.3 is 0 Å². The average molecular weight is 284 g/mol. The summed E-state index contributed by atoms with van der Waals surface area (Å²) in [7, 11) is 0. The summed E-state index contributed by atoms with van der Waals surface area (Å²) >= 11 is 1.98. The minimum Gasteiger partial charge on any atom is -0.313 e. The first kappa shape index (κ1) is 17.1. The van der Waals surface area contributed by atoms with Crippen LogP contribution in [0.25, 0.3) is 0 Å². The fourth-order valence-electron chi connectivity index (χ4n) is 2.87. The number of rotatable bonds is 6. The van der Waals surface area contributed by atoms with Gasteiger partial charge in [-0.3, -0.25) is 0 Å². The van der Waals surface area contributed by atoms with E-state index in [2.05, 4.69) is 11.9 Å². The SMILES string of the molecule is C=CCSCCNC1CCCCCCCCCCC1. The maximum atomic E-state index is 3.78. The van der Waals surface area contributed by atoms with E-state index >= 15 is 0 Å². The van der Waals surface area contributed by atoms with Gasteiger partial charge in [0.1, 0.15) is 0 Å². The molecule has 0 amide bonds. The summed E-state index contributed by atoms with van der Waals surface area (Å²) < 4.78 is 0. The molecule has 1 N–H and O–H groups in total. The lowest BCUT2D eigenvalue weighted by Gasteiger charge is -2.19. The molecule has 1 nitrogen and oxygen atoms in total. The third kappa shape index (κ3) is 10.5. The highest BCUT2D eigenvalue weighted by Gasteiger charge is 2.08. The van der Waals surface area contributed by atoms with E-state index in [0.717, 1.165) is 11.8 Å². The first-order valence-corrected chi connectivity index (χ1v) is 9.51. The van der Waals surface area contributed by atoms with Crippen LogP contribution in [0, 0.1) is 0 Å². The first-order valence-electron chi connectivity index (χ1n) is 8.35. The van der Waals surface area contributed by atoms with Crippen LogP contribution in [-0.4, -0.2) is 24.1 Å². The molecule has 0 aromatic carbocycles. The molecule has 0 radical (unpaired) electrons. The van der Waals surface area contributed by atoms with Crippen molar-refractivity contribution in [2.24, 2.45) is 0 Å². The van der Waals surface area contributed by atoms with Crippen molar-refractivity contribution < 1.29 is 0 Å². The van der Waals surface area contributed by atoms with Crippen molar-refractivity contribution in [3.8, 4) is 0 Å². The third-order valence-electron chi connectivity index (χ3n) is 4.02. The van der Waals surface area contributed by atoms with Gasteiger partial charge in [0.2, 0.25) is 0 Å². The maximum absolute atomic E-state index is 3.78. The summed E-state index contributed by atoms with van der Waals surface area (Å²) in [6.45, 7) is 4.94. The van der Waals surface area contributed by atoms with E-state index in [-0.39, 0.29) is 0 Å². The monoisotopic (exact) mass is 283 g/mol. The molecular formula is C17H33NS. The highest BCUT2D eigenvalue weighted by molar-refractivity contribution is 7.99. The third-order valence-corrected chi connectivity index (χ3v) is 4.98. The lowest BCUT2D eigenvalue weighted by Crippen LogP contribution is -2.31. The van der Waals surface area contributed by atoms with E-state index in [1.54, 1.807) is 0 Å². The standard InChI is InChI=1S/C17H33NS/c1-2-15-19-16-14-18-17-12-10-8-6-4-3-5-7-9-11-13-17/h2,17-18H,1,3-16H2. The van der Waals surface area contributed by atoms with Crippen molar-refractivity contribution in [1.29, 1.82) is 0 Å². The van der Waals surface area contributed by atoms with Crippen LogP contribution in [0.1, 0.15) is 70.6 Å². The zero-order valence-corrected chi connectivity index (χ0v) is 13.5. The molecule has 1 fully saturated rings. The van der Waals surface area contributed by atoms with Gasteiger partial charge in [0.25, 0.3) is 0 Å². The minimum atomic E-state index is 0.781. The summed E-state index contributed by atoms with van der Waals surface area (Å²) in [6.07, 6.45) is 17.9. The van der Waals surface area contributed by atoms with Gasteiger partial charge in [0.15, 0.2) is 0 Å². The van der Waals surface area contributed by atoms with Crippen LogP contribution in [0.4, 0.5) is 0 Å². The van der Waals surface area contributed by atoms with Gasteiger partial charge in [-0.05, 0) is 12.8 Å². The van der Waals surface area contributed by atoms with Crippen LogP contribution >= 0.6 is 11.8 Å². The zero-order valence-electron chi connectivity index (χ0n) is 12.7. The predicted molar refractivity (Wildman–Crippen MR) is 90.1 cm³/mol. The summed E-state index contributed by atoms with van der Waals surface area (Å²) in [4.78, 5) is 0. The van der Waals surface area contributed by atoms with Crippen molar-refractivity contribution in [1.82, 2.24) is 5.32 Å². The van der Waals surface area contributed by atoms with Gasteiger partial charge in [0.05, 0.1) is 0 Å². The van der Waals surface area contributed by atoms with E-state index in [4.69, 9.17) is 0 Å². The lowest BCUT2D eigenvalue weighted by atomic mass is 9.98. The van der Waals surface area contributed by atoms with Gasteiger partial charge in [-0.1, -0.05) is 63.9 Å². The van der Waals surface area contributed by atoms with Crippen molar-refractivity contribution in [2.75, 3.05) is 18.1 Å². The number of hydrogen-bond acceptors (Lipinski definition) is 2. The summed E-state index contributed by atoms with van der Waals surface area (Å²) in [5.41, 5.74) is 0. The topological polar surface area (TPSA) is 12.0 Å². The summed E-state index contributed by atoms with van der Waals surface area (Å²) in [5.74, 6) is 2.31. The maximum Gasteiger partial charge on any atom is 0.0111 e. The second-order valence-electron chi connectivity index (χ2n) is 5.77. The minimum absolute atomic E-state index is 0.781. The molecule has 1 saturated carbocycles. The molecule has 0 saturated heterocycles. The Morgan fingerprint density at radius 1 is 0.895 bits per heavy atom. The molecular weight excluding hydrogens is 250 g/mol. The zero-order chi connectivity index (χ0) is 13.6. The van der Waals surface area contributed by atoms with Crippen LogP contribution in [0.3, 0.4) is 0 Å². The smallest absolute Gasteiger partial charge is 0.0111 e. The molecule has 0 unspecified atom stereocenters. The molecule has 1 aliphatic rings. The van der Waals surface area contributed by atoms with Gasteiger partial charge in [-0.25, -0.2) is 0 Å². The highest BCUT2D eigenvalue weighted by Crippen LogP contribution is 2.17. The molecule has 0 bridgehead atoms. The largest absolute Gasteiger partial charge is 0.313 e. The highest BCUT2D eigenvalue weighted by atomic mass is 32.2. The average Bonchev–Trinajstić information content (AvgIpc) is 2.41. The van der Waals surface area contributed by atoms with E-state index in [9.17, 15) is 0 Å². The molecule has 19 heavy (non-hydrogen) atoms. The Balaban J connectivity index is 2.13. The van der Waals surface area contributed by atoms with Crippen molar-refractivity contribution in [3.63, 3.8) is 0 Å². The molecule has 0 spiro atoms. The Morgan fingerprint density at radius 3 is 1.95 bits per heavy atom. The lowest BCUT2D eigenvalue weighted by molar-refractivity contribution is 0.412. The van der Waals surface area contributed by atoms with Crippen LogP contribution in [-0.2, 0) is 0 Å². The molecule has 0 aliphatic heterocycles. The normalized spacial score (nSPS) is 20.4. The Hall–Kier alpha value is 0.0500. The number of nitrogens with one attached hydrogen (secondary N) is 1. The Morgan fingerprint density at radius 2 is 1.42 bits per heavy atom. The molecule has 112 valence electrons. The van der Waals surface area contributed by atoms with Crippen LogP contribution in [0.5, 0.6) is 0 Å². The number of thioether (sulfide) groups is 1. The Kier molecular flexibility index (Phi) is 11.7.